The van der Waals surface area contributed by atoms with Gasteiger partial charge in [0, 0.05) is 12.2 Å². The van der Waals surface area contributed by atoms with Gasteiger partial charge in [-0.15, -0.1) is 0 Å². The summed E-state index contributed by atoms with van der Waals surface area (Å²) in [6, 6.07) is 4.90. The Labute approximate surface area is 119 Å². The summed E-state index contributed by atoms with van der Waals surface area (Å²) in [5.74, 6) is 0. The fraction of sp³-hybridized carbons (Fsp3) is 0.571. The van der Waals surface area contributed by atoms with Crippen LogP contribution in [0, 0.1) is 6.92 Å². The summed E-state index contributed by atoms with van der Waals surface area (Å²) >= 11 is 0. The first-order valence-corrected chi connectivity index (χ1v) is 8.44. The van der Waals surface area contributed by atoms with Gasteiger partial charge in [-0.05, 0) is 49.9 Å². The summed E-state index contributed by atoms with van der Waals surface area (Å²) in [6.45, 7) is 2.74. The van der Waals surface area contributed by atoms with Crippen molar-refractivity contribution >= 4 is 15.7 Å². The number of ether oxygens (including phenoxy) is 1. The number of aryl methyl sites for hydroxylation is 1. The Morgan fingerprint density at radius 2 is 2.15 bits per heavy atom. The maximum Gasteiger partial charge on any atom is 0.243 e. The van der Waals surface area contributed by atoms with E-state index in [1.165, 1.54) is 0 Å². The first-order chi connectivity index (χ1) is 9.50. The van der Waals surface area contributed by atoms with Gasteiger partial charge in [-0.25, -0.2) is 8.42 Å². The Bertz CT molecular complexity index is 615. The maximum absolute atomic E-state index is 12.8. The summed E-state index contributed by atoms with van der Waals surface area (Å²) in [5, 5.41) is 0. The van der Waals surface area contributed by atoms with Gasteiger partial charge in [-0.1, -0.05) is 0 Å². The van der Waals surface area contributed by atoms with E-state index in [1.54, 1.807) is 22.5 Å². The lowest BCUT2D eigenvalue weighted by Gasteiger charge is -2.36. The normalized spacial score (nSPS) is 27.4. The smallest absolute Gasteiger partial charge is 0.243 e. The van der Waals surface area contributed by atoms with Crippen LogP contribution in [0.2, 0.25) is 0 Å². The van der Waals surface area contributed by atoms with E-state index in [1.807, 2.05) is 6.92 Å². The second-order valence-electron chi connectivity index (χ2n) is 5.54. The van der Waals surface area contributed by atoms with Crippen molar-refractivity contribution in [2.24, 2.45) is 0 Å². The number of hydrogen-bond acceptors (Lipinski definition) is 4. The summed E-state index contributed by atoms with van der Waals surface area (Å²) in [6.07, 6.45) is 2.94. The predicted octanol–water partition coefficient (Wildman–Crippen LogP) is 1.52. The fourth-order valence-electron chi connectivity index (χ4n) is 3.13. The molecule has 0 spiro atoms. The van der Waals surface area contributed by atoms with Crippen LogP contribution in [-0.4, -0.2) is 38.0 Å². The van der Waals surface area contributed by atoms with Crippen LogP contribution in [0.25, 0.3) is 0 Å². The molecule has 110 valence electrons. The highest BCUT2D eigenvalue weighted by Crippen LogP contribution is 2.33. The van der Waals surface area contributed by atoms with Crippen LogP contribution in [-0.2, 0) is 14.8 Å². The molecular weight excluding hydrogens is 276 g/mol. The predicted molar refractivity (Wildman–Crippen MR) is 76.9 cm³/mol. The minimum absolute atomic E-state index is 0.00777. The number of fused-ring (bicyclic) bond motifs is 1. The summed E-state index contributed by atoms with van der Waals surface area (Å²) < 4.78 is 32.9. The molecule has 2 atom stereocenters. The molecule has 1 saturated carbocycles. The van der Waals surface area contributed by atoms with Gasteiger partial charge in [-0.2, -0.15) is 4.31 Å². The van der Waals surface area contributed by atoms with Gasteiger partial charge in [0.15, 0.2) is 0 Å². The molecule has 3 rings (SSSR count). The van der Waals surface area contributed by atoms with Crippen LogP contribution in [0.3, 0.4) is 0 Å². The first kappa shape index (κ1) is 13.9. The Morgan fingerprint density at radius 3 is 2.90 bits per heavy atom. The molecule has 1 aliphatic heterocycles. The molecule has 5 nitrogen and oxygen atoms in total. The standard InChI is InChI=1S/C14H20N2O3S/c1-10-9-11(5-6-12(10)15)20(17,18)16-7-8-19-14-4-2-3-13(14)16/h5-6,9,13-14H,2-4,7-8,15H2,1H3. The number of rotatable bonds is 2. The molecule has 1 aliphatic carbocycles. The zero-order valence-electron chi connectivity index (χ0n) is 11.6. The van der Waals surface area contributed by atoms with Crippen LogP contribution in [0.4, 0.5) is 5.69 Å². The molecule has 1 aromatic rings. The highest BCUT2D eigenvalue weighted by atomic mass is 32.2. The van der Waals surface area contributed by atoms with Crippen LogP contribution >= 0.6 is 0 Å². The molecule has 0 bridgehead atoms. The minimum Gasteiger partial charge on any atom is -0.399 e. The number of benzene rings is 1. The molecule has 2 fully saturated rings. The molecule has 1 aromatic carbocycles. The van der Waals surface area contributed by atoms with Gasteiger partial charge < -0.3 is 10.5 Å². The average molecular weight is 296 g/mol. The molecular formula is C14H20N2O3S. The van der Waals surface area contributed by atoms with Crippen molar-refractivity contribution in [3.8, 4) is 0 Å². The van der Waals surface area contributed by atoms with Crippen LogP contribution < -0.4 is 5.73 Å². The number of hydrogen-bond donors (Lipinski definition) is 1. The quantitative estimate of drug-likeness (QED) is 0.840. The van der Waals surface area contributed by atoms with E-state index in [0.29, 0.717) is 23.7 Å². The van der Waals surface area contributed by atoms with E-state index in [2.05, 4.69) is 0 Å². The second kappa shape index (κ2) is 5.02. The third-order valence-electron chi connectivity index (χ3n) is 4.28. The molecule has 0 radical (unpaired) electrons. The molecule has 1 heterocycles. The molecule has 20 heavy (non-hydrogen) atoms. The molecule has 2 N–H and O–H groups in total. The fourth-order valence-corrected chi connectivity index (χ4v) is 4.88. The Balaban J connectivity index is 1.96. The molecule has 2 unspecified atom stereocenters. The molecule has 0 amide bonds. The van der Waals surface area contributed by atoms with E-state index in [4.69, 9.17) is 10.5 Å². The van der Waals surface area contributed by atoms with Crippen molar-refractivity contribution in [2.75, 3.05) is 18.9 Å². The zero-order valence-corrected chi connectivity index (χ0v) is 12.4. The van der Waals surface area contributed by atoms with E-state index >= 15 is 0 Å². The number of sulfonamides is 1. The summed E-state index contributed by atoms with van der Waals surface area (Å²) in [7, 11) is -3.46. The zero-order chi connectivity index (χ0) is 14.3. The van der Waals surface area contributed by atoms with Crippen LogP contribution in [0.15, 0.2) is 23.1 Å². The lowest BCUT2D eigenvalue weighted by molar-refractivity contribution is -0.0241. The Kier molecular flexibility index (Phi) is 3.48. The van der Waals surface area contributed by atoms with Gasteiger partial charge >= 0.3 is 0 Å². The van der Waals surface area contributed by atoms with Gasteiger partial charge in [0.25, 0.3) is 0 Å². The van der Waals surface area contributed by atoms with Crippen molar-refractivity contribution in [1.29, 1.82) is 0 Å². The summed E-state index contributed by atoms with van der Waals surface area (Å²) in [5.41, 5.74) is 7.18. The van der Waals surface area contributed by atoms with E-state index in [-0.39, 0.29) is 12.1 Å². The van der Waals surface area contributed by atoms with Crippen LogP contribution in [0.5, 0.6) is 0 Å². The largest absolute Gasteiger partial charge is 0.399 e. The minimum atomic E-state index is -3.46. The third-order valence-corrected chi connectivity index (χ3v) is 6.20. The summed E-state index contributed by atoms with van der Waals surface area (Å²) in [4.78, 5) is 0.330. The van der Waals surface area contributed by atoms with Gasteiger partial charge in [-0.3, -0.25) is 0 Å². The third kappa shape index (κ3) is 2.21. The monoisotopic (exact) mass is 296 g/mol. The maximum atomic E-state index is 12.8. The van der Waals surface area contributed by atoms with Gasteiger partial charge in [0.1, 0.15) is 0 Å². The van der Waals surface area contributed by atoms with E-state index in [9.17, 15) is 8.42 Å². The molecule has 6 heteroatoms. The first-order valence-electron chi connectivity index (χ1n) is 7.00. The van der Waals surface area contributed by atoms with Crippen molar-refractivity contribution < 1.29 is 13.2 Å². The van der Waals surface area contributed by atoms with Crippen molar-refractivity contribution in [1.82, 2.24) is 4.31 Å². The number of nitrogens with zero attached hydrogens (tertiary/aromatic N) is 1. The number of nitrogens with two attached hydrogens (primary N) is 1. The van der Waals surface area contributed by atoms with Crippen molar-refractivity contribution in [2.45, 2.75) is 43.2 Å². The number of anilines is 1. The highest BCUT2D eigenvalue weighted by molar-refractivity contribution is 7.89. The number of nitrogen functional groups attached to an aromatic ring is 1. The molecule has 2 aliphatic rings. The topological polar surface area (TPSA) is 72.6 Å². The SMILES string of the molecule is Cc1cc(S(=O)(=O)N2CCOC3CCCC32)ccc1N. The highest BCUT2D eigenvalue weighted by Gasteiger charge is 2.42. The van der Waals surface area contributed by atoms with Crippen molar-refractivity contribution in [3.05, 3.63) is 23.8 Å². The van der Waals surface area contributed by atoms with E-state index < -0.39 is 10.0 Å². The molecule has 1 saturated heterocycles. The average Bonchev–Trinajstić information content (AvgIpc) is 2.89. The lowest BCUT2D eigenvalue weighted by Crippen LogP contribution is -2.51. The van der Waals surface area contributed by atoms with E-state index in [0.717, 1.165) is 24.8 Å². The van der Waals surface area contributed by atoms with Gasteiger partial charge in [0.2, 0.25) is 10.0 Å². The Hall–Kier alpha value is -1.11. The Morgan fingerprint density at radius 1 is 1.35 bits per heavy atom. The van der Waals surface area contributed by atoms with Crippen molar-refractivity contribution in [3.63, 3.8) is 0 Å². The van der Waals surface area contributed by atoms with Crippen LogP contribution in [0.1, 0.15) is 24.8 Å². The lowest BCUT2D eigenvalue weighted by atomic mass is 10.2. The molecule has 0 aromatic heterocycles. The second-order valence-corrected chi connectivity index (χ2v) is 7.43. The van der Waals surface area contributed by atoms with Gasteiger partial charge in [0.05, 0.1) is 23.6 Å². The number of morpholine rings is 1.